The zero-order valence-corrected chi connectivity index (χ0v) is 11.1. The zero-order chi connectivity index (χ0) is 14.1. The first-order valence-corrected chi connectivity index (χ1v) is 5.91. The van der Waals surface area contributed by atoms with E-state index in [0.717, 1.165) is 5.56 Å². The van der Waals surface area contributed by atoms with E-state index in [1.54, 1.807) is 32.2 Å². The van der Waals surface area contributed by atoms with Gasteiger partial charge in [0, 0.05) is 0 Å². The van der Waals surface area contributed by atoms with Crippen molar-refractivity contribution in [3.05, 3.63) is 23.8 Å². The van der Waals surface area contributed by atoms with Crippen LogP contribution in [0.5, 0.6) is 11.5 Å². The van der Waals surface area contributed by atoms with Gasteiger partial charge in [0.05, 0.1) is 33.0 Å². The van der Waals surface area contributed by atoms with Crippen LogP contribution in [0.15, 0.2) is 23.3 Å². The molecule has 0 aliphatic heterocycles. The van der Waals surface area contributed by atoms with Crippen molar-refractivity contribution in [1.82, 2.24) is 0 Å². The molecule has 0 spiro atoms. The summed E-state index contributed by atoms with van der Waals surface area (Å²) < 4.78 is 15.5. The van der Waals surface area contributed by atoms with Gasteiger partial charge in [0.25, 0.3) is 0 Å². The Morgan fingerprint density at radius 1 is 1.42 bits per heavy atom. The first kappa shape index (κ1) is 14.8. The molecule has 6 nitrogen and oxygen atoms in total. The molecule has 0 saturated heterocycles. The number of hydrazone groups is 1. The Kier molecular flexibility index (Phi) is 6.21. The molecule has 0 unspecified atom stereocenters. The molecule has 1 aromatic rings. The quantitative estimate of drug-likeness (QED) is 0.348. The van der Waals surface area contributed by atoms with Gasteiger partial charge in [0.15, 0.2) is 11.5 Å². The fraction of sp³-hybridized carbons (Fsp3) is 0.385. The lowest BCUT2D eigenvalue weighted by Gasteiger charge is -2.11. The average Bonchev–Trinajstić information content (AvgIpc) is 2.40. The Balaban J connectivity index is 2.64. The maximum absolute atomic E-state index is 11.2. The van der Waals surface area contributed by atoms with E-state index in [9.17, 15) is 4.79 Å². The molecule has 1 rings (SSSR count). The summed E-state index contributed by atoms with van der Waals surface area (Å²) in [5, 5.41) is 3.44. The molecule has 19 heavy (non-hydrogen) atoms. The first-order valence-electron chi connectivity index (χ1n) is 5.91. The van der Waals surface area contributed by atoms with Crippen LogP contribution in [0.1, 0.15) is 18.9 Å². The molecule has 0 amide bonds. The highest BCUT2D eigenvalue weighted by molar-refractivity contribution is 5.80. The Bertz CT molecular complexity index is 446. The minimum atomic E-state index is -0.291. The number of carbonyl (C=O) groups excluding carboxylic acids is 1. The second kappa shape index (κ2) is 7.97. The van der Waals surface area contributed by atoms with E-state index in [4.69, 9.17) is 20.1 Å². The smallest absolute Gasteiger partial charge is 0.309 e. The van der Waals surface area contributed by atoms with Gasteiger partial charge in [-0.3, -0.25) is 4.79 Å². The third-order valence-corrected chi connectivity index (χ3v) is 2.28. The number of carbonyl (C=O) groups is 1. The summed E-state index contributed by atoms with van der Waals surface area (Å²) in [6.07, 6.45) is 1.68. The Morgan fingerprint density at radius 3 is 2.84 bits per heavy atom. The summed E-state index contributed by atoms with van der Waals surface area (Å²) in [4.78, 5) is 11.2. The molecule has 0 aliphatic carbocycles. The number of methoxy groups -OCH3 is 1. The number of hydrogen-bond donors (Lipinski definition) is 1. The zero-order valence-electron chi connectivity index (χ0n) is 11.1. The van der Waals surface area contributed by atoms with Gasteiger partial charge < -0.3 is 20.1 Å². The molecule has 0 heterocycles. The van der Waals surface area contributed by atoms with Gasteiger partial charge in [0.2, 0.25) is 0 Å². The highest BCUT2D eigenvalue weighted by Gasteiger charge is 2.07. The van der Waals surface area contributed by atoms with Crippen molar-refractivity contribution < 1.29 is 19.0 Å². The fourth-order valence-electron chi connectivity index (χ4n) is 1.45. The van der Waals surface area contributed by atoms with Gasteiger partial charge in [-0.1, -0.05) is 0 Å². The molecule has 0 atom stereocenters. The molecule has 1 aromatic carbocycles. The van der Waals surface area contributed by atoms with Crippen molar-refractivity contribution in [2.45, 2.75) is 13.3 Å². The molecule has 6 heteroatoms. The molecule has 0 aliphatic rings. The maximum Gasteiger partial charge on any atom is 0.309 e. The number of hydrogen-bond acceptors (Lipinski definition) is 6. The monoisotopic (exact) mass is 266 g/mol. The van der Waals surface area contributed by atoms with Crippen molar-refractivity contribution in [3.8, 4) is 11.5 Å². The van der Waals surface area contributed by atoms with Crippen LogP contribution >= 0.6 is 0 Å². The van der Waals surface area contributed by atoms with Gasteiger partial charge in [-0.2, -0.15) is 5.10 Å². The topological polar surface area (TPSA) is 83.1 Å². The minimum absolute atomic E-state index is 0.187. The third kappa shape index (κ3) is 4.87. The van der Waals surface area contributed by atoms with Crippen LogP contribution in [0, 0.1) is 0 Å². The van der Waals surface area contributed by atoms with Crippen molar-refractivity contribution in [1.29, 1.82) is 0 Å². The Morgan fingerprint density at radius 2 is 2.21 bits per heavy atom. The molecule has 0 aromatic heterocycles. The third-order valence-electron chi connectivity index (χ3n) is 2.28. The van der Waals surface area contributed by atoms with E-state index in [-0.39, 0.29) is 19.0 Å². The van der Waals surface area contributed by atoms with Gasteiger partial charge in [-0.25, -0.2) is 0 Å². The Labute approximate surface area is 112 Å². The summed E-state index contributed by atoms with van der Waals surface area (Å²) >= 11 is 0. The van der Waals surface area contributed by atoms with Gasteiger partial charge >= 0.3 is 5.97 Å². The molecule has 2 N–H and O–H groups in total. The largest absolute Gasteiger partial charge is 0.493 e. The van der Waals surface area contributed by atoms with Crippen LogP contribution in [0.25, 0.3) is 0 Å². The van der Waals surface area contributed by atoms with Crippen LogP contribution in [-0.4, -0.2) is 32.5 Å². The molecular weight excluding hydrogens is 248 g/mol. The predicted molar refractivity (Wildman–Crippen MR) is 71.5 cm³/mol. The van der Waals surface area contributed by atoms with Gasteiger partial charge in [-0.05, 0) is 30.7 Å². The lowest BCUT2D eigenvalue weighted by atomic mass is 10.2. The van der Waals surface area contributed by atoms with Crippen LogP contribution in [0.4, 0.5) is 0 Å². The number of nitrogens with two attached hydrogens (primary N) is 1. The lowest BCUT2D eigenvalue weighted by molar-refractivity contribution is -0.143. The lowest BCUT2D eigenvalue weighted by Crippen LogP contribution is -2.10. The summed E-state index contributed by atoms with van der Waals surface area (Å²) in [5.74, 6) is 5.91. The SMILES string of the molecule is CCOC(=O)CCOc1cc(C=NN)ccc1OC. The van der Waals surface area contributed by atoms with Crippen LogP contribution in [0.3, 0.4) is 0 Å². The van der Waals surface area contributed by atoms with E-state index in [0.29, 0.717) is 18.1 Å². The first-order chi connectivity index (χ1) is 9.21. The molecular formula is C13H18N2O4. The average molecular weight is 266 g/mol. The van der Waals surface area contributed by atoms with E-state index in [1.165, 1.54) is 6.21 Å². The fourth-order valence-corrected chi connectivity index (χ4v) is 1.45. The van der Waals surface area contributed by atoms with Gasteiger partial charge in [0.1, 0.15) is 0 Å². The summed E-state index contributed by atoms with van der Waals surface area (Å²) in [5.41, 5.74) is 0.787. The molecule has 0 bridgehead atoms. The maximum atomic E-state index is 11.2. The summed E-state index contributed by atoms with van der Waals surface area (Å²) in [6, 6.07) is 5.28. The number of nitrogens with zero attached hydrogens (tertiary/aromatic N) is 1. The normalized spacial score (nSPS) is 10.4. The van der Waals surface area contributed by atoms with Crippen molar-refractivity contribution in [2.24, 2.45) is 10.9 Å². The molecule has 0 fully saturated rings. The second-order valence-electron chi connectivity index (χ2n) is 3.59. The standard InChI is InChI=1S/C13H18N2O4/c1-3-18-13(16)6-7-19-12-8-10(9-15-14)4-5-11(12)17-2/h4-5,8-9H,3,6-7,14H2,1-2H3. The highest BCUT2D eigenvalue weighted by Crippen LogP contribution is 2.27. The summed E-state index contributed by atoms with van der Waals surface area (Å²) in [7, 11) is 1.55. The number of benzene rings is 1. The number of rotatable bonds is 7. The van der Waals surface area contributed by atoms with E-state index >= 15 is 0 Å². The minimum Gasteiger partial charge on any atom is -0.493 e. The van der Waals surface area contributed by atoms with E-state index in [1.807, 2.05) is 0 Å². The molecule has 0 saturated carbocycles. The molecule has 0 radical (unpaired) electrons. The van der Waals surface area contributed by atoms with Crippen molar-refractivity contribution >= 4 is 12.2 Å². The van der Waals surface area contributed by atoms with Crippen LogP contribution in [-0.2, 0) is 9.53 Å². The highest BCUT2D eigenvalue weighted by atomic mass is 16.5. The van der Waals surface area contributed by atoms with Crippen LogP contribution < -0.4 is 15.3 Å². The van der Waals surface area contributed by atoms with Crippen molar-refractivity contribution in [3.63, 3.8) is 0 Å². The summed E-state index contributed by atoms with van der Waals surface area (Å²) in [6.45, 7) is 2.35. The van der Waals surface area contributed by atoms with E-state index in [2.05, 4.69) is 5.10 Å². The van der Waals surface area contributed by atoms with Gasteiger partial charge in [-0.15, -0.1) is 0 Å². The van der Waals surface area contributed by atoms with Crippen LogP contribution in [0.2, 0.25) is 0 Å². The molecule has 104 valence electrons. The Hall–Kier alpha value is -2.24. The second-order valence-corrected chi connectivity index (χ2v) is 3.59. The predicted octanol–water partition coefficient (Wildman–Crippen LogP) is 1.32. The van der Waals surface area contributed by atoms with Crippen molar-refractivity contribution in [2.75, 3.05) is 20.3 Å². The number of esters is 1. The number of ether oxygens (including phenoxy) is 3. The van der Waals surface area contributed by atoms with E-state index < -0.39 is 0 Å².